The summed E-state index contributed by atoms with van der Waals surface area (Å²) in [6, 6.07) is 7.44. The summed E-state index contributed by atoms with van der Waals surface area (Å²) in [5, 5.41) is 2.87. The third-order valence-electron chi connectivity index (χ3n) is 3.06. The molecule has 5 heteroatoms. The highest BCUT2D eigenvalue weighted by molar-refractivity contribution is 7.85. The molecule has 0 spiro atoms. The van der Waals surface area contributed by atoms with E-state index in [0.717, 1.165) is 24.2 Å². The van der Waals surface area contributed by atoms with Crippen LogP contribution in [0.2, 0.25) is 0 Å². The van der Waals surface area contributed by atoms with Crippen LogP contribution in [-0.2, 0) is 16.6 Å². The summed E-state index contributed by atoms with van der Waals surface area (Å²) in [6.07, 6.45) is 0.925. The molecule has 1 unspecified atom stereocenters. The molecule has 0 aromatic heterocycles. The molecular weight excluding hydrogens is 284 g/mol. The summed E-state index contributed by atoms with van der Waals surface area (Å²) < 4.78 is 11.9. The van der Waals surface area contributed by atoms with Crippen LogP contribution in [0.1, 0.15) is 39.7 Å². The third-order valence-corrected chi connectivity index (χ3v) is 5.03. The van der Waals surface area contributed by atoms with Crippen LogP contribution in [0.5, 0.6) is 0 Å². The number of hydrogen-bond donors (Lipinski definition) is 1. The number of urea groups is 1. The van der Waals surface area contributed by atoms with Crippen molar-refractivity contribution in [2.45, 2.75) is 44.6 Å². The lowest BCUT2D eigenvalue weighted by Gasteiger charge is -2.19. The Balaban J connectivity index is 2.73. The first-order valence-corrected chi connectivity index (χ1v) is 8.55. The van der Waals surface area contributed by atoms with Gasteiger partial charge in [0.25, 0.3) is 0 Å². The maximum atomic E-state index is 12.2. The number of rotatable bonds is 5. The van der Waals surface area contributed by atoms with E-state index in [0.29, 0.717) is 5.75 Å². The van der Waals surface area contributed by atoms with Crippen LogP contribution in [0, 0.1) is 0 Å². The van der Waals surface area contributed by atoms with Gasteiger partial charge in [-0.1, -0.05) is 19.1 Å². The Bertz CT molecular complexity index is 509. The van der Waals surface area contributed by atoms with Gasteiger partial charge in [-0.05, 0) is 44.9 Å². The van der Waals surface area contributed by atoms with E-state index in [9.17, 15) is 9.00 Å². The first-order valence-electron chi connectivity index (χ1n) is 7.23. The van der Waals surface area contributed by atoms with E-state index < -0.39 is 10.8 Å². The van der Waals surface area contributed by atoms with Crippen LogP contribution in [0.15, 0.2) is 24.3 Å². The van der Waals surface area contributed by atoms with Gasteiger partial charge in [0.15, 0.2) is 0 Å². The molecule has 0 aliphatic heterocycles. The summed E-state index contributed by atoms with van der Waals surface area (Å²) in [5.41, 5.74) is 1.71. The fourth-order valence-corrected chi connectivity index (χ4v) is 2.68. The van der Waals surface area contributed by atoms with E-state index in [-0.39, 0.29) is 10.8 Å². The van der Waals surface area contributed by atoms with Crippen molar-refractivity contribution in [1.29, 1.82) is 0 Å². The Morgan fingerprint density at radius 3 is 2.57 bits per heavy atom. The monoisotopic (exact) mass is 310 g/mol. The molecule has 1 rings (SSSR count). The highest BCUT2D eigenvalue weighted by Gasteiger charge is 2.19. The fraction of sp³-hybridized carbons (Fsp3) is 0.562. The number of benzene rings is 1. The van der Waals surface area contributed by atoms with Gasteiger partial charge in [-0.15, -0.1) is 0 Å². The van der Waals surface area contributed by atoms with Crippen molar-refractivity contribution in [1.82, 2.24) is 4.90 Å². The van der Waals surface area contributed by atoms with Crippen molar-refractivity contribution in [3.8, 4) is 0 Å². The van der Waals surface area contributed by atoms with E-state index in [2.05, 4.69) is 5.32 Å². The zero-order valence-electron chi connectivity index (χ0n) is 13.6. The molecule has 0 fully saturated rings. The predicted octanol–water partition coefficient (Wildman–Crippen LogP) is 3.61. The molecule has 0 heterocycles. The second-order valence-corrected chi connectivity index (χ2v) is 8.36. The molecule has 0 aliphatic carbocycles. The molecule has 0 aliphatic rings. The smallest absolute Gasteiger partial charge is 0.321 e. The Hall–Kier alpha value is -1.36. The maximum Gasteiger partial charge on any atom is 0.321 e. The highest BCUT2D eigenvalue weighted by Crippen LogP contribution is 2.18. The summed E-state index contributed by atoms with van der Waals surface area (Å²) in [6.45, 7) is 8.66. The van der Waals surface area contributed by atoms with Crippen LogP contribution in [0.4, 0.5) is 10.5 Å². The van der Waals surface area contributed by atoms with Gasteiger partial charge in [-0.2, -0.15) is 0 Å². The average molecular weight is 310 g/mol. The molecule has 21 heavy (non-hydrogen) atoms. The molecule has 118 valence electrons. The van der Waals surface area contributed by atoms with E-state index in [4.69, 9.17) is 0 Å². The van der Waals surface area contributed by atoms with Crippen LogP contribution < -0.4 is 5.32 Å². The minimum absolute atomic E-state index is 0.119. The van der Waals surface area contributed by atoms with E-state index in [1.165, 1.54) is 0 Å². The molecule has 1 aromatic carbocycles. The zero-order chi connectivity index (χ0) is 16.0. The summed E-state index contributed by atoms with van der Waals surface area (Å²) >= 11 is 0. The normalized spacial score (nSPS) is 12.8. The van der Waals surface area contributed by atoms with Gasteiger partial charge in [0.2, 0.25) is 0 Å². The van der Waals surface area contributed by atoms with Crippen LogP contribution in [0.25, 0.3) is 0 Å². The molecule has 0 radical (unpaired) electrons. The van der Waals surface area contributed by atoms with Crippen molar-refractivity contribution < 1.29 is 9.00 Å². The molecule has 1 N–H and O–H groups in total. The maximum absolute atomic E-state index is 12.2. The van der Waals surface area contributed by atoms with Crippen LogP contribution >= 0.6 is 0 Å². The lowest BCUT2D eigenvalue weighted by molar-refractivity contribution is 0.222. The van der Waals surface area contributed by atoms with Crippen molar-refractivity contribution >= 4 is 22.5 Å². The minimum atomic E-state index is -0.944. The van der Waals surface area contributed by atoms with Gasteiger partial charge < -0.3 is 10.2 Å². The third kappa shape index (κ3) is 5.87. The van der Waals surface area contributed by atoms with Crippen molar-refractivity contribution in [2.75, 3.05) is 18.9 Å². The predicted molar refractivity (Wildman–Crippen MR) is 90.0 cm³/mol. The Morgan fingerprint density at radius 2 is 2.00 bits per heavy atom. The molecule has 0 bridgehead atoms. The molecule has 4 nitrogen and oxygen atoms in total. The minimum Gasteiger partial charge on any atom is -0.328 e. The Kier molecular flexibility index (Phi) is 6.40. The molecule has 2 amide bonds. The van der Waals surface area contributed by atoms with Crippen LogP contribution in [0.3, 0.4) is 0 Å². The topological polar surface area (TPSA) is 49.4 Å². The lowest BCUT2D eigenvalue weighted by atomic mass is 10.2. The number of amides is 2. The Morgan fingerprint density at radius 1 is 1.33 bits per heavy atom. The summed E-state index contributed by atoms with van der Waals surface area (Å²) in [4.78, 5) is 13.6. The molecule has 0 saturated carbocycles. The first-order chi connectivity index (χ1) is 9.74. The quantitative estimate of drug-likeness (QED) is 0.903. The standard InChI is InChI=1S/C16H26N2O2S/c1-6-10-18(5)15(19)17-14-9-7-8-13(11-14)12-21(20)16(2,3)4/h7-9,11H,6,10,12H2,1-5H3,(H,17,19). The van der Waals surface area contributed by atoms with Gasteiger partial charge in [-0.25, -0.2) is 4.79 Å². The average Bonchev–Trinajstić information content (AvgIpc) is 2.38. The lowest BCUT2D eigenvalue weighted by Crippen LogP contribution is -2.31. The van der Waals surface area contributed by atoms with Gasteiger partial charge in [0, 0.05) is 40.6 Å². The number of anilines is 1. The SMILES string of the molecule is CCCN(C)C(=O)Nc1cccc(CS(=O)C(C)(C)C)c1. The van der Waals surface area contributed by atoms with Crippen molar-refractivity contribution in [3.05, 3.63) is 29.8 Å². The Labute approximate surface area is 130 Å². The first kappa shape index (κ1) is 17.7. The fourth-order valence-electron chi connectivity index (χ4n) is 1.76. The number of nitrogens with zero attached hydrogens (tertiary/aromatic N) is 1. The number of carbonyl (C=O) groups excluding carboxylic acids is 1. The van der Waals surface area contributed by atoms with Gasteiger partial charge >= 0.3 is 6.03 Å². The van der Waals surface area contributed by atoms with Crippen molar-refractivity contribution in [2.24, 2.45) is 0 Å². The second-order valence-electron chi connectivity index (χ2n) is 6.15. The second kappa shape index (κ2) is 7.59. The van der Waals surface area contributed by atoms with Crippen LogP contribution in [-0.4, -0.2) is 33.5 Å². The molecular formula is C16H26N2O2S. The van der Waals surface area contributed by atoms with Gasteiger partial charge in [-0.3, -0.25) is 4.21 Å². The highest BCUT2D eigenvalue weighted by atomic mass is 32.2. The largest absolute Gasteiger partial charge is 0.328 e. The number of nitrogens with one attached hydrogen (secondary N) is 1. The summed E-state index contributed by atoms with van der Waals surface area (Å²) in [7, 11) is 0.831. The molecule has 1 atom stereocenters. The van der Waals surface area contributed by atoms with E-state index >= 15 is 0 Å². The van der Waals surface area contributed by atoms with Gasteiger partial charge in [0.1, 0.15) is 0 Å². The zero-order valence-corrected chi connectivity index (χ0v) is 14.4. The number of carbonyl (C=O) groups is 1. The van der Waals surface area contributed by atoms with E-state index in [1.54, 1.807) is 11.9 Å². The number of hydrogen-bond acceptors (Lipinski definition) is 2. The van der Waals surface area contributed by atoms with Gasteiger partial charge in [0.05, 0.1) is 0 Å². The summed E-state index contributed by atoms with van der Waals surface area (Å²) in [5.74, 6) is 0.498. The van der Waals surface area contributed by atoms with Crippen molar-refractivity contribution in [3.63, 3.8) is 0 Å². The molecule has 0 saturated heterocycles. The van der Waals surface area contributed by atoms with E-state index in [1.807, 2.05) is 52.0 Å². The molecule has 1 aromatic rings.